The van der Waals surface area contributed by atoms with Crippen molar-refractivity contribution in [2.75, 3.05) is 13.2 Å². The van der Waals surface area contributed by atoms with Gasteiger partial charge in [-0.1, -0.05) is 192 Å². The minimum absolute atomic E-state index is 0.120. The summed E-state index contributed by atoms with van der Waals surface area (Å²) in [5.74, 6) is -1.02. The topological polar surface area (TPSA) is 78.9 Å². The molecule has 0 heterocycles. The van der Waals surface area contributed by atoms with E-state index >= 15 is 0 Å². The van der Waals surface area contributed by atoms with Crippen molar-refractivity contribution < 1.29 is 28.6 Å². The van der Waals surface area contributed by atoms with Gasteiger partial charge in [0.15, 0.2) is 6.10 Å². The normalized spacial score (nSPS) is 13.3. The van der Waals surface area contributed by atoms with Crippen LogP contribution in [-0.4, -0.2) is 37.2 Å². The van der Waals surface area contributed by atoms with Crippen LogP contribution < -0.4 is 0 Å². The number of carbonyl (C=O) groups excluding carboxylic acids is 3. The minimum atomic E-state index is -0.826. The van der Waals surface area contributed by atoms with Crippen LogP contribution in [0, 0.1) is 0 Å². The molecule has 67 heavy (non-hydrogen) atoms. The van der Waals surface area contributed by atoms with E-state index < -0.39 is 6.10 Å². The highest BCUT2D eigenvalue weighted by atomic mass is 16.6. The third kappa shape index (κ3) is 52.1. The summed E-state index contributed by atoms with van der Waals surface area (Å²) in [6, 6.07) is 0. The van der Waals surface area contributed by atoms with Crippen molar-refractivity contribution in [2.45, 2.75) is 207 Å². The first-order chi connectivity index (χ1) is 33.0. The van der Waals surface area contributed by atoms with Crippen molar-refractivity contribution in [3.05, 3.63) is 146 Å². The molecule has 0 aliphatic carbocycles. The van der Waals surface area contributed by atoms with Crippen LogP contribution in [0.1, 0.15) is 201 Å². The Hall–Kier alpha value is -4.71. The van der Waals surface area contributed by atoms with Gasteiger partial charge in [0.1, 0.15) is 13.2 Å². The molecule has 6 nitrogen and oxygen atoms in total. The number of unbranched alkanes of at least 4 members (excludes halogenated alkanes) is 10. The van der Waals surface area contributed by atoms with Crippen molar-refractivity contribution in [3.8, 4) is 0 Å². The molecule has 0 rings (SSSR count). The largest absolute Gasteiger partial charge is 0.462 e. The Bertz CT molecular complexity index is 1530. The molecule has 0 bridgehead atoms. The van der Waals surface area contributed by atoms with E-state index in [1.54, 1.807) is 0 Å². The van der Waals surface area contributed by atoms with E-state index in [0.29, 0.717) is 19.3 Å². The monoisotopic (exact) mass is 923 g/mol. The van der Waals surface area contributed by atoms with Crippen molar-refractivity contribution in [1.82, 2.24) is 0 Å². The molecule has 1 atom stereocenters. The molecule has 0 aromatic carbocycles. The van der Waals surface area contributed by atoms with Gasteiger partial charge in [-0.25, -0.2) is 0 Å². The zero-order valence-electron chi connectivity index (χ0n) is 42.6. The van der Waals surface area contributed by atoms with Crippen LogP contribution in [0.25, 0.3) is 0 Å². The number of carbonyl (C=O) groups is 3. The molecule has 374 valence electrons. The van der Waals surface area contributed by atoms with E-state index in [4.69, 9.17) is 14.2 Å². The highest BCUT2D eigenvalue weighted by molar-refractivity contribution is 5.71. The van der Waals surface area contributed by atoms with Gasteiger partial charge < -0.3 is 14.2 Å². The maximum atomic E-state index is 12.8. The Morgan fingerprint density at radius 1 is 0.299 bits per heavy atom. The van der Waals surface area contributed by atoms with Crippen LogP contribution in [0.4, 0.5) is 0 Å². The van der Waals surface area contributed by atoms with Gasteiger partial charge in [0.2, 0.25) is 0 Å². The fourth-order valence-corrected chi connectivity index (χ4v) is 6.47. The van der Waals surface area contributed by atoms with E-state index in [0.717, 1.165) is 148 Å². The summed E-state index contributed by atoms with van der Waals surface area (Å²) < 4.78 is 16.7. The number of hydrogen-bond donors (Lipinski definition) is 0. The van der Waals surface area contributed by atoms with Crippen LogP contribution in [-0.2, 0) is 28.6 Å². The lowest BCUT2D eigenvalue weighted by Gasteiger charge is -2.18. The SMILES string of the molecule is CC/C=C\C/C=C\C/C=C\C/C=C\C/C=C\CCCCCC(=O)O[C@H](COC(=O)CCCC/C=C\C/C=C\C/C=C\C/C=C\CC)COC(=O)CCCCCCC/C=C\C/C=C\C/C=C\CC. The van der Waals surface area contributed by atoms with Crippen LogP contribution in [0.2, 0.25) is 0 Å². The third-order valence-corrected chi connectivity index (χ3v) is 10.3. The van der Waals surface area contributed by atoms with E-state index in [1.165, 1.54) is 0 Å². The van der Waals surface area contributed by atoms with Crippen LogP contribution in [0.15, 0.2) is 146 Å². The Morgan fingerprint density at radius 3 is 0.881 bits per heavy atom. The van der Waals surface area contributed by atoms with Gasteiger partial charge in [-0.15, -0.1) is 0 Å². The Morgan fingerprint density at radius 2 is 0.537 bits per heavy atom. The van der Waals surface area contributed by atoms with Crippen molar-refractivity contribution in [3.63, 3.8) is 0 Å². The zero-order chi connectivity index (χ0) is 48.6. The van der Waals surface area contributed by atoms with Crippen molar-refractivity contribution in [1.29, 1.82) is 0 Å². The molecular weight excluding hydrogens is 829 g/mol. The summed E-state index contributed by atoms with van der Waals surface area (Å²) in [6.07, 6.45) is 76.9. The standard InChI is InChI=1S/C61H94O6/c1-4-7-10-13-16-19-22-25-28-29-30-31-34-37-40-43-46-49-52-55-61(64)67-58(56-65-59(62)53-50-47-44-41-38-35-32-26-23-20-17-14-11-8-5-2)57-66-60(63)54-51-48-45-42-39-36-33-27-24-21-18-15-12-9-6-3/h7-12,16-21,25-28,30-33,37-38,40-41,58H,4-6,13-15,22-24,29,34-36,39,42-57H2,1-3H3/b10-7-,11-8-,12-9-,19-16-,20-17-,21-18-,28-25-,31-30-,32-26-,33-27-,40-37-,41-38-/t58-/m1/s1. The number of rotatable bonds is 45. The lowest BCUT2D eigenvalue weighted by molar-refractivity contribution is -0.167. The predicted octanol–water partition coefficient (Wildman–Crippen LogP) is 17.6. The molecule has 0 aromatic heterocycles. The Balaban J connectivity index is 4.58. The number of esters is 3. The summed E-state index contributed by atoms with van der Waals surface area (Å²) >= 11 is 0. The quantitative estimate of drug-likeness (QED) is 0.0262. The second-order valence-electron chi connectivity index (χ2n) is 16.6. The van der Waals surface area contributed by atoms with Crippen molar-refractivity contribution >= 4 is 17.9 Å². The molecule has 0 unspecified atom stereocenters. The second-order valence-corrected chi connectivity index (χ2v) is 16.6. The molecule has 0 saturated carbocycles. The molecule has 0 radical (unpaired) electrons. The van der Waals surface area contributed by atoms with Gasteiger partial charge in [-0.3, -0.25) is 14.4 Å². The summed E-state index contributed by atoms with van der Waals surface area (Å²) in [5.41, 5.74) is 0. The molecular formula is C61H94O6. The van der Waals surface area contributed by atoms with E-state index in [2.05, 4.69) is 167 Å². The van der Waals surface area contributed by atoms with Gasteiger partial charge in [0.25, 0.3) is 0 Å². The van der Waals surface area contributed by atoms with Gasteiger partial charge >= 0.3 is 17.9 Å². The third-order valence-electron chi connectivity index (χ3n) is 10.3. The van der Waals surface area contributed by atoms with E-state index in [9.17, 15) is 14.4 Å². The highest BCUT2D eigenvalue weighted by Crippen LogP contribution is 2.12. The molecule has 0 aromatic rings. The van der Waals surface area contributed by atoms with Crippen LogP contribution >= 0.6 is 0 Å². The fraction of sp³-hybridized carbons (Fsp3) is 0.557. The molecule has 6 heteroatoms. The Labute approximate surface area is 410 Å². The van der Waals surface area contributed by atoms with Gasteiger partial charge in [-0.2, -0.15) is 0 Å². The molecule has 0 saturated heterocycles. The minimum Gasteiger partial charge on any atom is -0.462 e. The lowest BCUT2D eigenvalue weighted by atomic mass is 10.1. The van der Waals surface area contributed by atoms with Gasteiger partial charge in [0, 0.05) is 19.3 Å². The summed E-state index contributed by atoms with van der Waals surface area (Å²) in [7, 11) is 0. The second kappa shape index (κ2) is 53.9. The maximum Gasteiger partial charge on any atom is 0.306 e. The fourth-order valence-electron chi connectivity index (χ4n) is 6.47. The summed E-state index contributed by atoms with van der Waals surface area (Å²) in [5, 5.41) is 0. The Kier molecular flexibility index (Phi) is 50.1. The average Bonchev–Trinajstić information content (AvgIpc) is 3.33. The molecule has 0 fully saturated rings. The first-order valence-corrected chi connectivity index (χ1v) is 26.3. The van der Waals surface area contributed by atoms with Gasteiger partial charge in [0.05, 0.1) is 0 Å². The smallest absolute Gasteiger partial charge is 0.306 e. The molecule has 0 aliphatic rings. The van der Waals surface area contributed by atoms with Crippen molar-refractivity contribution in [2.24, 2.45) is 0 Å². The highest BCUT2D eigenvalue weighted by Gasteiger charge is 2.19. The molecule has 0 aliphatic heterocycles. The van der Waals surface area contributed by atoms with Gasteiger partial charge in [-0.05, 0) is 135 Å². The first kappa shape index (κ1) is 62.3. The maximum absolute atomic E-state index is 12.8. The molecule has 0 N–H and O–H groups in total. The van der Waals surface area contributed by atoms with E-state index in [-0.39, 0.29) is 44.0 Å². The van der Waals surface area contributed by atoms with E-state index in [1.807, 2.05) is 0 Å². The predicted molar refractivity (Wildman–Crippen MR) is 288 cm³/mol. The lowest BCUT2D eigenvalue weighted by Crippen LogP contribution is -2.30. The average molecular weight is 923 g/mol. The first-order valence-electron chi connectivity index (χ1n) is 26.3. The summed E-state index contributed by atoms with van der Waals surface area (Å²) in [6.45, 7) is 6.19. The van der Waals surface area contributed by atoms with Crippen LogP contribution in [0.5, 0.6) is 0 Å². The number of hydrogen-bond acceptors (Lipinski definition) is 6. The summed E-state index contributed by atoms with van der Waals surface area (Å²) in [4.78, 5) is 38.0. The number of ether oxygens (including phenoxy) is 3. The molecule has 0 amide bonds. The number of allylic oxidation sites excluding steroid dienone is 24. The zero-order valence-corrected chi connectivity index (χ0v) is 42.6. The molecule has 0 spiro atoms. The van der Waals surface area contributed by atoms with Crippen LogP contribution in [0.3, 0.4) is 0 Å².